The molecule has 0 aromatic carbocycles. The summed E-state index contributed by atoms with van der Waals surface area (Å²) >= 11 is 0. The summed E-state index contributed by atoms with van der Waals surface area (Å²) in [6.07, 6.45) is 0.827. The van der Waals surface area contributed by atoms with Crippen LogP contribution in [0.15, 0.2) is 0 Å². The second kappa shape index (κ2) is 3.25. The number of hydrogen-bond acceptors (Lipinski definition) is 6. The van der Waals surface area contributed by atoms with Gasteiger partial charge in [0.05, 0.1) is 5.92 Å². The average molecular weight is 180 g/mol. The molecule has 2 N–H and O–H groups in total. The number of hydrogen-bond donors (Lipinski definition) is 2. The highest BCUT2D eigenvalue weighted by Crippen LogP contribution is 2.19. The van der Waals surface area contributed by atoms with Gasteiger partial charge >= 0.3 is 0 Å². The van der Waals surface area contributed by atoms with Gasteiger partial charge in [0.1, 0.15) is 0 Å². The first kappa shape index (κ1) is 7.77. The summed E-state index contributed by atoms with van der Waals surface area (Å²) in [5.74, 6) is 1.34. The van der Waals surface area contributed by atoms with Crippen molar-refractivity contribution in [1.82, 2.24) is 41.2 Å². The molecule has 2 rings (SSSR count). The summed E-state index contributed by atoms with van der Waals surface area (Å²) in [6, 6.07) is 0. The van der Waals surface area contributed by atoms with Gasteiger partial charge in [0.2, 0.25) is 0 Å². The molecule has 68 valence electrons. The molecule has 0 aliphatic carbocycles. The third-order valence-corrected chi connectivity index (χ3v) is 1.79. The van der Waals surface area contributed by atoms with E-state index >= 15 is 0 Å². The highest BCUT2D eigenvalue weighted by Gasteiger charge is 2.18. The molecular formula is C5H8N8. The maximum Gasteiger partial charge on any atom is 0.159 e. The Morgan fingerprint density at radius 2 is 1.62 bits per heavy atom. The molecule has 0 amide bonds. The fraction of sp³-hybridized carbons (Fsp3) is 0.600. The quantitative estimate of drug-likeness (QED) is 0.643. The molecule has 0 unspecified atom stereocenters. The van der Waals surface area contributed by atoms with Gasteiger partial charge in [0.15, 0.2) is 11.6 Å². The average Bonchev–Trinajstić information content (AvgIpc) is 2.76. The van der Waals surface area contributed by atoms with E-state index in [0.29, 0.717) is 11.6 Å². The summed E-state index contributed by atoms with van der Waals surface area (Å²) in [7, 11) is 0. The van der Waals surface area contributed by atoms with Gasteiger partial charge < -0.3 is 0 Å². The minimum atomic E-state index is 0.00463. The van der Waals surface area contributed by atoms with Crippen molar-refractivity contribution < 1.29 is 0 Å². The first-order valence-electron chi connectivity index (χ1n) is 3.89. The second-order valence-electron chi connectivity index (χ2n) is 2.53. The fourth-order valence-electron chi connectivity index (χ4n) is 1.14. The Morgan fingerprint density at radius 3 is 1.92 bits per heavy atom. The minimum Gasteiger partial charge on any atom is -0.242 e. The van der Waals surface area contributed by atoms with Crippen LogP contribution in [0.2, 0.25) is 0 Å². The molecule has 2 aromatic rings. The molecule has 0 atom stereocenters. The van der Waals surface area contributed by atoms with Crippen molar-refractivity contribution in [2.45, 2.75) is 19.3 Å². The van der Waals surface area contributed by atoms with Crippen molar-refractivity contribution in [2.75, 3.05) is 0 Å². The van der Waals surface area contributed by atoms with E-state index in [1.54, 1.807) is 0 Å². The van der Waals surface area contributed by atoms with Crippen LogP contribution in [0.25, 0.3) is 0 Å². The molecule has 0 fully saturated rings. The number of nitrogens with one attached hydrogen (secondary N) is 2. The van der Waals surface area contributed by atoms with E-state index in [2.05, 4.69) is 41.2 Å². The van der Waals surface area contributed by atoms with Crippen molar-refractivity contribution in [3.63, 3.8) is 0 Å². The number of nitrogens with zero attached hydrogens (tertiary/aromatic N) is 6. The van der Waals surface area contributed by atoms with E-state index in [1.165, 1.54) is 0 Å². The predicted molar refractivity (Wildman–Crippen MR) is 40.5 cm³/mol. The van der Waals surface area contributed by atoms with Crippen LogP contribution < -0.4 is 0 Å². The van der Waals surface area contributed by atoms with Crippen LogP contribution in [0.1, 0.15) is 30.9 Å². The van der Waals surface area contributed by atoms with Gasteiger partial charge in [-0.2, -0.15) is 0 Å². The summed E-state index contributed by atoms with van der Waals surface area (Å²) in [5.41, 5.74) is 0. The predicted octanol–water partition coefficient (Wildman–Crippen LogP) is -0.745. The summed E-state index contributed by atoms with van der Waals surface area (Å²) < 4.78 is 0. The molecule has 13 heavy (non-hydrogen) atoms. The molecule has 0 bridgehead atoms. The molecule has 8 nitrogen and oxygen atoms in total. The lowest BCUT2D eigenvalue weighted by atomic mass is 10.1. The van der Waals surface area contributed by atoms with E-state index < -0.39 is 0 Å². The minimum absolute atomic E-state index is 0.00463. The van der Waals surface area contributed by atoms with Crippen LogP contribution >= 0.6 is 0 Å². The topological polar surface area (TPSA) is 109 Å². The van der Waals surface area contributed by atoms with Crippen LogP contribution in [0.3, 0.4) is 0 Å². The summed E-state index contributed by atoms with van der Waals surface area (Å²) in [6.45, 7) is 2.01. The Kier molecular flexibility index (Phi) is 1.94. The third kappa shape index (κ3) is 1.37. The Labute approximate surface area is 73.1 Å². The Hall–Kier alpha value is -1.86. The van der Waals surface area contributed by atoms with Crippen LogP contribution in [-0.4, -0.2) is 41.2 Å². The molecule has 8 heteroatoms. The van der Waals surface area contributed by atoms with Gasteiger partial charge in [0, 0.05) is 0 Å². The Balaban J connectivity index is 2.29. The number of rotatable bonds is 3. The molecule has 0 aliphatic heterocycles. The highest BCUT2D eigenvalue weighted by atomic mass is 15.5. The second-order valence-corrected chi connectivity index (χ2v) is 2.53. The highest BCUT2D eigenvalue weighted by molar-refractivity contribution is 5.05. The van der Waals surface area contributed by atoms with Crippen molar-refractivity contribution in [2.24, 2.45) is 0 Å². The molecule has 0 spiro atoms. The lowest BCUT2D eigenvalue weighted by molar-refractivity contribution is 0.673. The largest absolute Gasteiger partial charge is 0.242 e. The maximum absolute atomic E-state index is 3.81. The van der Waals surface area contributed by atoms with Gasteiger partial charge in [0.25, 0.3) is 0 Å². The van der Waals surface area contributed by atoms with Crippen molar-refractivity contribution in [1.29, 1.82) is 0 Å². The number of aromatic amines is 2. The molecular weight excluding hydrogens is 172 g/mol. The molecule has 2 aromatic heterocycles. The summed E-state index contributed by atoms with van der Waals surface area (Å²) in [5, 5.41) is 27.0. The van der Waals surface area contributed by atoms with E-state index in [0.717, 1.165) is 6.42 Å². The monoisotopic (exact) mass is 180 g/mol. The van der Waals surface area contributed by atoms with Crippen LogP contribution in [0.4, 0.5) is 0 Å². The van der Waals surface area contributed by atoms with Crippen molar-refractivity contribution in [3.05, 3.63) is 11.6 Å². The van der Waals surface area contributed by atoms with Gasteiger partial charge in [-0.05, 0) is 27.3 Å². The van der Waals surface area contributed by atoms with E-state index in [4.69, 9.17) is 0 Å². The Morgan fingerprint density at radius 1 is 1.08 bits per heavy atom. The number of tetrazole rings is 2. The van der Waals surface area contributed by atoms with E-state index in [9.17, 15) is 0 Å². The molecule has 0 radical (unpaired) electrons. The first-order chi connectivity index (χ1) is 6.42. The van der Waals surface area contributed by atoms with Crippen LogP contribution in [0.5, 0.6) is 0 Å². The summed E-state index contributed by atoms with van der Waals surface area (Å²) in [4.78, 5) is 0. The maximum atomic E-state index is 3.81. The molecule has 0 aliphatic rings. The smallest absolute Gasteiger partial charge is 0.159 e. The zero-order chi connectivity index (χ0) is 9.10. The number of H-pyrrole nitrogens is 2. The van der Waals surface area contributed by atoms with Crippen molar-refractivity contribution >= 4 is 0 Å². The third-order valence-electron chi connectivity index (χ3n) is 1.79. The lowest BCUT2D eigenvalue weighted by Gasteiger charge is -2.04. The van der Waals surface area contributed by atoms with Crippen LogP contribution in [-0.2, 0) is 0 Å². The Bertz CT molecular complexity index is 302. The van der Waals surface area contributed by atoms with Crippen molar-refractivity contribution in [3.8, 4) is 0 Å². The van der Waals surface area contributed by atoms with Gasteiger partial charge in [-0.15, -0.1) is 10.2 Å². The molecule has 2 heterocycles. The molecule has 0 saturated carbocycles. The van der Waals surface area contributed by atoms with Crippen LogP contribution in [0, 0.1) is 0 Å². The van der Waals surface area contributed by atoms with Gasteiger partial charge in [-0.1, -0.05) is 6.92 Å². The molecule has 0 saturated heterocycles. The zero-order valence-electron chi connectivity index (χ0n) is 6.97. The zero-order valence-corrected chi connectivity index (χ0v) is 6.97. The lowest BCUT2D eigenvalue weighted by Crippen LogP contribution is -2.04. The van der Waals surface area contributed by atoms with Gasteiger partial charge in [-0.3, -0.25) is 0 Å². The van der Waals surface area contributed by atoms with Gasteiger partial charge in [-0.25, -0.2) is 10.2 Å². The van der Waals surface area contributed by atoms with E-state index in [-0.39, 0.29) is 5.92 Å². The SMILES string of the molecule is CCC(c1nnn[nH]1)c1nnn[nH]1. The van der Waals surface area contributed by atoms with E-state index in [1.807, 2.05) is 6.92 Å². The first-order valence-corrected chi connectivity index (χ1v) is 3.89. The number of aromatic nitrogens is 8. The normalized spacial score (nSPS) is 10.9. The standard InChI is InChI=1S/C5H8N8/c1-2-3(4-6-10-11-7-4)5-8-12-13-9-5/h3H,2H2,1H3,(H,6,7,10,11)(H,8,9,12,13). The fourth-order valence-corrected chi connectivity index (χ4v) is 1.14.